The fourth-order valence-electron chi connectivity index (χ4n) is 4.19. The van der Waals surface area contributed by atoms with Crippen molar-refractivity contribution in [3.8, 4) is 11.5 Å². The second kappa shape index (κ2) is 10.6. The van der Waals surface area contributed by atoms with Crippen LogP contribution in [0.5, 0.6) is 11.5 Å². The number of anilines is 2. The van der Waals surface area contributed by atoms with E-state index in [1.165, 1.54) is 12.1 Å². The summed E-state index contributed by atoms with van der Waals surface area (Å²) < 4.78 is 17.0. The van der Waals surface area contributed by atoms with Gasteiger partial charge in [-0.1, -0.05) is 6.07 Å². The molecule has 12 heteroatoms. The minimum Gasteiger partial charge on any atom is -0.492 e. The van der Waals surface area contributed by atoms with Crippen molar-refractivity contribution < 1.29 is 33.5 Å². The van der Waals surface area contributed by atoms with Crippen LogP contribution >= 0.6 is 0 Å². The minimum atomic E-state index is -0.889. The van der Waals surface area contributed by atoms with Crippen molar-refractivity contribution in [3.63, 3.8) is 0 Å². The topological polar surface area (TPSA) is 141 Å². The molecule has 0 aromatic heterocycles. The molecule has 2 aliphatic heterocycles. The molecule has 190 valence electrons. The predicted molar refractivity (Wildman–Crippen MR) is 129 cm³/mol. The van der Waals surface area contributed by atoms with Crippen LogP contribution in [0.1, 0.15) is 34.6 Å². The van der Waals surface area contributed by atoms with Crippen LogP contribution in [0, 0.1) is 10.1 Å². The summed E-state index contributed by atoms with van der Waals surface area (Å²) in [5, 5.41) is 14.0. The standard InChI is InChI=1S/C24H26N4O8/c1-3-35-19-13-18(26-8-10-34-11-9-26)20(36-4-2)12-16(19)25-21(29)14-27-23(30)15-6-5-7-17(28(32)33)22(15)24(27)31/h5-7,12-13H,3-4,8-11,14H2,1-2H3,(H,25,29). The van der Waals surface area contributed by atoms with Gasteiger partial charge in [-0.2, -0.15) is 0 Å². The van der Waals surface area contributed by atoms with Gasteiger partial charge in [-0.3, -0.25) is 29.4 Å². The first-order chi connectivity index (χ1) is 17.3. The normalized spacial score (nSPS) is 15.1. The van der Waals surface area contributed by atoms with Crippen LogP contribution < -0.4 is 19.7 Å². The maximum atomic E-state index is 12.9. The number of ether oxygens (including phenoxy) is 3. The zero-order valence-electron chi connectivity index (χ0n) is 19.9. The monoisotopic (exact) mass is 498 g/mol. The molecular weight excluding hydrogens is 472 g/mol. The van der Waals surface area contributed by atoms with E-state index in [0.29, 0.717) is 61.6 Å². The van der Waals surface area contributed by atoms with Crippen molar-refractivity contribution in [2.75, 3.05) is 56.3 Å². The van der Waals surface area contributed by atoms with E-state index in [4.69, 9.17) is 14.2 Å². The Kier molecular flexibility index (Phi) is 7.34. The van der Waals surface area contributed by atoms with E-state index in [9.17, 15) is 24.5 Å². The highest BCUT2D eigenvalue weighted by atomic mass is 16.6. The van der Waals surface area contributed by atoms with Crippen molar-refractivity contribution in [3.05, 3.63) is 51.6 Å². The summed E-state index contributed by atoms with van der Waals surface area (Å²) in [5.41, 5.74) is 0.209. The number of hydrogen-bond donors (Lipinski definition) is 1. The first-order valence-corrected chi connectivity index (χ1v) is 11.6. The molecule has 0 atom stereocenters. The molecule has 1 saturated heterocycles. The van der Waals surface area contributed by atoms with Crippen LogP contribution in [0.25, 0.3) is 0 Å². The lowest BCUT2D eigenvalue weighted by Crippen LogP contribution is -2.37. The summed E-state index contributed by atoms with van der Waals surface area (Å²) in [4.78, 5) is 51.9. The lowest BCUT2D eigenvalue weighted by atomic mass is 10.1. The SMILES string of the molecule is CCOc1cc(N2CCOCC2)c(OCC)cc1NC(=O)CN1C(=O)c2cccc([N+](=O)[O-])c2C1=O. The molecule has 2 heterocycles. The van der Waals surface area contributed by atoms with Gasteiger partial charge < -0.3 is 24.4 Å². The Morgan fingerprint density at radius 2 is 1.78 bits per heavy atom. The van der Waals surface area contributed by atoms with Crippen molar-refractivity contribution in [1.82, 2.24) is 4.90 Å². The average Bonchev–Trinajstić information content (AvgIpc) is 3.11. The second-order valence-electron chi connectivity index (χ2n) is 7.98. The van der Waals surface area contributed by atoms with Crippen molar-refractivity contribution in [2.45, 2.75) is 13.8 Å². The number of morpholine rings is 1. The van der Waals surface area contributed by atoms with E-state index < -0.39 is 34.9 Å². The molecule has 12 nitrogen and oxygen atoms in total. The van der Waals surface area contributed by atoms with Gasteiger partial charge in [0.25, 0.3) is 17.5 Å². The fourth-order valence-corrected chi connectivity index (χ4v) is 4.19. The highest BCUT2D eigenvalue weighted by Crippen LogP contribution is 2.39. The van der Waals surface area contributed by atoms with Crippen LogP contribution in [0.3, 0.4) is 0 Å². The molecule has 0 aliphatic carbocycles. The number of nitrogens with one attached hydrogen (secondary N) is 1. The van der Waals surface area contributed by atoms with Crippen LogP contribution in [0.2, 0.25) is 0 Å². The van der Waals surface area contributed by atoms with Crippen LogP contribution in [-0.4, -0.2) is 73.6 Å². The zero-order chi connectivity index (χ0) is 25.8. The Bertz CT molecular complexity index is 1210. The number of nitrogens with zero attached hydrogens (tertiary/aromatic N) is 3. The maximum Gasteiger partial charge on any atom is 0.282 e. The van der Waals surface area contributed by atoms with Gasteiger partial charge in [0.1, 0.15) is 23.6 Å². The smallest absolute Gasteiger partial charge is 0.282 e. The molecule has 0 saturated carbocycles. The highest BCUT2D eigenvalue weighted by molar-refractivity contribution is 6.24. The minimum absolute atomic E-state index is 0.106. The molecule has 0 radical (unpaired) electrons. The van der Waals surface area contributed by atoms with Crippen molar-refractivity contribution >= 4 is 34.8 Å². The average molecular weight is 498 g/mol. The van der Waals surface area contributed by atoms with E-state index >= 15 is 0 Å². The van der Waals surface area contributed by atoms with E-state index in [1.54, 1.807) is 12.1 Å². The number of rotatable bonds is 9. The third kappa shape index (κ3) is 4.80. The summed E-state index contributed by atoms with van der Waals surface area (Å²) in [6, 6.07) is 7.22. The number of amides is 3. The molecule has 2 aromatic rings. The maximum absolute atomic E-state index is 12.9. The largest absolute Gasteiger partial charge is 0.492 e. The molecule has 3 amide bonds. The van der Waals surface area contributed by atoms with E-state index in [0.717, 1.165) is 11.8 Å². The van der Waals surface area contributed by atoms with Crippen LogP contribution in [-0.2, 0) is 9.53 Å². The van der Waals surface area contributed by atoms with E-state index in [1.807, 2.05) is 13.8 Å². The third-order valence-electron chi connectivity index (χ3n) is 5.76. The third-order valence-corrected chi connectivity index (χ3v) is 5.76. The quantitative estimate of drug-likeness (QED) is 0.313. The Hall–Kier alpha value is -4.19. The van der Waals surface area contributed by atoms with Gasteiger partial charge in [0.05, 0.1) is 48.3 Å². The zero-order valence-corrected chi connectivity index (χ0v) is 19.9. The number of nitro benzene ring substituents is 1. The first kappa shape index (κ1) is 24.9. The van der Waals surface area contributed by atoms with E-state index in [-0.39, 0.29) is 11.1 Å². The molecule has 0 unspecified atom stereocenters. The summed E-state index contributed by atoms with van der Waals surface area (Å²) in [7, 11) is 0. The first-order valence-electron chi connectivity index (χ1n) is 11.6. The number of benzene rings is 2. The molecular formula is C24H26N4O8. The second-order valence-corrected chi connectivity index (χ2v) is 7.98. The van der Waals surface area contributed by atoms with Gasteiger partial charge in [0.15, 0.2) is 0 Å². The molecule has 0 bridgehead atoms. The van der Waals surface area contributed by atoms with Gasteiger partial charge in [-0.25, -0.2) is 0 Å². The molecule has 2 aliphatic rings. The Morgan fingerprint density at radius 3 is 2.44 bits per heavy atom. The number of carbonyl (C=O) groups is 3. The number of imide groups is 1. The predicted octanol–water partition coefficient (Wildman–Crippen LogP) is 2.46. The molecule has 1 N–H and O–H groups in total. The molecule has 36 heavy (non-hydrogen) atoms. The van der Waals surface area contributed by atoms with Crippen LogP contribution in [0.4, 0.5) is 17.1 Å². The summed E-state index contributed by atoms with van der Waals surface area (Å²) in [6.45, 7) is 6.26. The Labute approximate surface area is 206 Å². The molecule has 1 fully saturated rings. The Balaban J connectivity index is 1.58. The summed E-state index contributed by atoms with van der Waals surface area (Å²) in [6.07, 6.45) is 0. The number of fused-ring (bicyclic) bond motifs is 1. The van der Waals surface area contributed by atoms with Gasteiger partial charge in [0.2, 0.25) is 5.91 Å². The lowest BCUT2D eigenvalue weighted by molar-refractivity contribution is -0.385. The van der Waals surface area contributed by atoms with E-state index in [2.05, 4.69) is 10.2 Å². The lowest BCUT2D eigenvalue weighted by Gasteiger charge is -2.31. The number of nitro groups is 1. The molecule has 4 rings (SSSR count). The van der Waals surface area contributed by atoms with Crippen molar-refractivity contribution in [1.29, 1.82) is 0 Å². The summed E-state index contributed by atoms with van der Waals surface area (Å²) in [5.74, 6) is -1.39. The highest BCUT2D eigenvalue weighted by Gasteiger charge is 2.41. The molecule has 0 spiro atoms. The van der Waals surface area contributed by atoms with Gasteiger partial charge in [0, 0.05) is 31.3 Å². The number of hydrogen-bond acceptors (Lipinski definition) is 9. The Morgan fingerprint density at radius 1 is 1.08 bits per heavy atom. The number of carbonyl (C=O) groups excluding carboxylic acids is 3. The summed E-state index contributed by atoms with van der Waals surface area (Å²) >= 11 is 0. The van der Waals surface area contributed by atoms with Gasteiger partial charge >= 0.3 is 0 Å². The van der Waals surface area contributed by atoms with Gasteiger partial charge in [-0.05, 0) is 19.9 Å². The van der Waals surface area contributed by atoms with Gasteiger partial charge in [-0.15, -0.1) is 0 Å². The van der Waals surface area contributed by atoms with Crippen molar-refractivity contribution in [2.24, 2.45) is 0 Å². The van der Waals surface area contributed by atoms with Crippen LogP contribution in [0.15, 0.2) is 30.3 Å². The fraction of sp³-hybridized carbons (Fsp3) is 0.375. The molecule has 2 aromatic carbocycles.